The van der Waals surface area contributed by atoms with Crippen molar-refractivity contribution in [1.29, 1.82) is 0 Å². The Kier molecular flexibility index (Phi) is 8.21. The van der Waals surface area contributed by atoms with Gasteiger partial charge in [-0.15, -0.1) is 0 Å². The van der Waals surface area contributed by atoms with Gasteiger partial charge < -0.3 is 20.4 Å². The highest BCUT2D eigenvalue weighted by Gasteiger charge is 2.26. The van der Waals surface area contributed by atoms with E-state index in [-0.39, 0.29) is 97.4 Å². The Hall–Kier alpha value is -1.86. The molecule has 0 spiro atoms. The normalized spacial score (nSPS) is 13.1. The largest absolute Gasteiger partial charge is 0.506 e. The van der Waals surface area contributed by atoms with Crippen LogP contribution in [0.1, 0.15) is 22.3 Å². The van der Waals surface area contributed by atoms with Gasteiger partial charge in [0.25, 0.3) is 0 Å². The molecule has 0 saturated heterocycles. The zero-order valence-electron chi connectivity index (χ0n) is 19.7. The standard InChI is InChI=1S/C28H14Cl8O4/c29-16-8-15-12-7-19(32)28(40)22(34)11(12)2-1-9-3-13(25(37)17(30)4-9)14-5-10(6-18(31)26(14)38)21(33)23(35)20(16)24(36)27(15)39/h3-8,37-40H,1-2H2. The maximum Gasteiger partial charge on any atom is 0.153 e. The Morgan fingerprint density at radius 1 is 0.450 bits per heavy atom. The van der Waals surface area contributed by atoms with Crippen molar-refractivity contribution in [2.45, 2.75) is 12.8 Å². The number of benzene rings is 4. The quantitative estimate of drug-likeness (QED) is 0.147. The topological polar surface area (TPSA) is 80.9 Å². The third-order valence-electron chi connectivity index (χ3n) is 6.58. The molecule has 0 aliphatic heterocycles. The predicted octanol–water partition coefficient (Wildman–Crippen LogP) is 11.2. The molecular weight excluding hydrogens is 684 g/mol. The summed E-state index contributed by atoms with van der Waals surface area (Å²) in [5, 5.41) is 42.9. The van der Waals surface area contributed by atoms with Crippen LogP contribution in [0.2, 0.25) is 30.1 Å². The third kappa shape index (κ3) is 4.93. The van der Waals surface area contributed by atoms with Crippen molar-refractivity contribution in [3.05, 3.63) is 88.8 Å². The molecule has 40 heavy (non-hydrogen) atoms. The highest BCUT2D eigenvalue weighted by atomic mass is 35.5. The van der Waals surface area contributed by atoms with E-state index in [9.17, 15) is 20.4 Å². The second kappa shape index (κ2) is 11.1. The third-order valence-corrected chi connectivity index (χ3v) is 9.40. The molecule has 4 nitrogen and oxygen atoms in total. The van der Waals surface area contributed by atoms with Crippen LogP contribution in [0.5, 0.6) is 23.0 Å². The number of hydrogen-bond donors (Lipinski definition) is 4. The van der Waals surface area contributed by atoms with Crippen LogP contribution >= 0.6 is 92.8 Å². The lowest BCUT2D eigenvalue weighted by Gasteiger charge is -2.20. The first-order valence-electron chi connectivity index (χ1n) is 11.3. The fourth-order valence-electron chi connectivity index (χ4n) is 4.59. The maximum atomic E-state index is 11.2. The maximum absolute atomic E-state index is 11.2. The molecule has 6 bridgehead atoms. The van der Waals surface area contributed by atoms with Crippen molar-refractivity contribution in [2.24, 2.45) is 0 Å². The Bertz CT molecular complexity index is 1780. The molecule has 4 aromatic rings. The van der Waals surface area contributed by atoms with E-state index in [1.165, 1.54) is 24.3 Å². The van der Waals surface area contributed by atoms with Crippen molar-refractivity contribution in [3.63, 3.8) is 0 Å². The average Bonchev–Trinajstić information content (AvgIpc) is 2.91. The van der Waals surface area contributed by atoms with E-state index in [4.69, 9.17) is 92.8 Å². The Morgan fingerprint density at radius 2 is 1.00 bits per heavy atom. The van der Waals surface area contributed by atoms with Crippen LogP contribution in [-0.2, 0) is 12.8 Å². The van der Waals surface area contributed by atoms with Gasteiger partial charge in [-0.3, -0.25) is 0 Å². The lowest BCUT2D eigenvalue weighted by atomic mass is 9.91. The summed E-state index contributed by atoms with van der Waals surface area (Å²) in [5.74, 6) is -1.35. The first kappa shape index (κ1) is 29.6. The summed E-state index contributed by atoms with van der Waals surface area (Å²) in [6.07, 6.45) is 0.511. The fourth-order valence-corrected chi connectivity index (χ4v) is 6.85. The second-order valence-corrected chi connectivity index (χ2v) is 12.1. The SMILES string of the molecule is Oc1c(Cl)cc2cc1-c1cc(cc(Cl)c1O)C(Cl)=C(Cl)c1c(Cl)cc(c(O)c1Cl)-c1cc(Cl)c(O)c(Cl)c1CC2. The Labute approximate surface area is 268 Å². The van der Waals surface area contributed by atoms with Crippen molar-refractivity contribution in [1.82, 2.24) is 0 Å². The second-order valence-electron chi connectivity index (χ2n) is 8.95. The van der Waals surface area contributed by atoms with E-state index in [2.05, 4.69) is 0 Å². The fraction of sp³-hybridized carbons (Fsp3) is 0.0714. The molecule has 4 aromatic carbocycles. The smallest absolute Gasteiger partial charge is 0.153 e. The first-order chi connectivity index (χ1) is 18.8. The summed E-state index contributed by atoms with van der Waals surface area (Å²) in [4.78, 5) is 0. The van der Waals surface area contributed by atoms with Crippen molar-refractivity contribution >= 4 is 103 Å². The number of hydrogen-bond acceptors (Lipinski definition) is 4. The van der Waals surface area contributed by atoms with Gasteiger partial charge in [-0.1, -0.05) is 92.8 Å². The van der Waals surface area contributed by atoms with Gasteiger partial charge in [0.1, 0.15) is 17.2 Å². The molecular formula is C28H14Cl8O4. The molecule has 2 aliphatic carbocycles. The molecule has 0 heterocycles. The first-order valence-corrected chi connectivity index (χ1v) is 14.4. The van der Waals surface area contributed by atoms with Crippen LogP contribution in [0, 0.1) is 0 Å². The van der Waals surface area contributed by atoms with Crippen LogP contribution < -0.4 is 0 Å². The molecule has 6 rings (SSSR count). The van der Waals surface area contributed by atoms with Crippen LogP contribution in [0.3, 0.4) is 0 Å². The molecule has 206 valence electrons. The average molecular weight is 698 g/mol. The van der Waals surface area contributed by atoms with Gasteiger partial charge in [-0.25, -0.2) is 0 Å². The van der Waals surface area contributed by atoms with Gasteiger partial charge in [0.2, 0.25) is 0 Å². The molecule has 12 heteroatoms. The van der Waals surface area contributed by atoms with Gasteiger partial charge in [0, 0.05) is 22.3 Å². The monoisotopic (exact) mass is 694 g/mol. The van der Waals surface area contributed by atoms with Crippen LogP contribution in [0.4, 0.5) is 0 Å². The van der Waals surface area contributed by atoms with E-state index >= 15 is 0 Å². The zero-order chi connectivity index (χ0) is 29.2. The number of phenols is 4. The molecule has 2 aliphatic rings. The molecule has 0 atom stereocenters. The molecule has 0 aromatic heterocycles. The van der Waals surface area contributed by atoms with Gasteiger partial charge in [-0.05, 0) is 71.5 Å². The summed E-state index contributed by atoms with van der Waals surface area (Å²) < 4.78 is 0. The Morgan fingerprint density at radius 3 is 1.68 bits per heavy atom. The summed E-state index contributed by atoms with van der Waals surface area (Å²) in [6, 6.07) is 8.90. The van der Waals surface area contributed by atoms with Crippen molar-refractivity contribution in [3.8, 4) is 45.3 Å². The predicted molar refractivity (Wildman–Crippen MR) is 166 cm³/mol. The zero-order valence-corrected chi connectivity index (χ0v) is 25.7. The van der Waals surface area contributed by atoms with Crippen LogP contribution in [-0.4, -0.2) is 20.4 Å². The molecule has 0 radical (unpaired) electrons. The summed E-state index contributed by atoms with van der Waals surface area (Å²) >= 11 is 52.1. The van der Waals surface area contributed by atoms with E-state index < -0.39 is 0 Å². The minimum Gasteiger partial charge on any atom is -0.506 e. The number of halogens is 8. The molecule has 0 fully saturated rings. The van der Waals surface area contributed by atoms with E-state index in [0.29, 0.717) is 23.1 Å². The van der Waals surface area contributed by atoms with Gasteiger partial charge in [0.05, 0.1) is 40.2 Å². The van der Waals surface area contributed by atoms with Gasteiger partial charge in [-0.2, -0.15) is 0 Å². The minimum absolute atomic E-state index is 0.0190. The Balaban J connectivity index is 1.93. The highest BCUT2D eigenvalue weighted by Crippen LogP contribution is 2.52. The minimum atomic E-state index is -0.380. The van der Waals surface area contributed by atoms with Crippen LogP contribution in [0.15, 0.2) is 36.4 Å². The van der Waals surface area contributed by atoms with Gasteiger partial charge in [0.15, 0.2) is 5.75 Å². The highest BCUT2D eigenvalue weighted by molar-refractivity contribution is 6.66. The lowest BCUT2D eigenvalue weighted by Crippen LogP contribution is -1.99. The number of rotatable bonds is 0. The summed E-state index contributed by atoms with van der Waals surface area (Å²) in [6.45, 7) is 0. The summed E-state index contributed by atoms with van der Waals surface area (Å²) in [5.41, 5.74) is 2.19. The van der Waals surface area contributed by atoms with Crippen molar-refractivity contribution in [2.75, 3.05) is 0 Å². The molecule has 4 N–H and O–H groups in total. The number of phenolic OH excluding ortho intramolecular Hbond substituents is 4. The van der Waals surface area contributed by atoms with Crippen LogP contribution in [0.25, 0.3) is 32.3 Å². The van der Waals surface area contributed by atoms with Crippen molar-refractivity contribution < 1.29 is 20.4 Å². The lowest BCUT2D eigenvalue weighted by molar-refractivity contribution is 0.469. The molecule has 0 saturated carbocycles. The van der Waals surface area contributed by atoms with Gasteiger partial charge >= 0.3 is 0 Å². The number of aromatic hydroxyl groups is 4. The molecule has 0 unspecified atom stereocenters. The number of fused-ring (bicyclic) bond motifs is 3. The van der Waals surface area contributed by atoms with E-state index in [1.807, 2.05) is 0 Å². The molecule has 0 amide bonds. The van der Waals surface area contributed by atoms with E-state index in [1.54, 1.807) is 12.1 Å². The summed E-state index contributed by atoms with van der Waals surface area (Å²) in [7, 11) is 0. The van der Waals surface area contributed by atoms with E-state index in [0.717, 1.165) is 0 Å². The number of aryl methyl sites for hydroxylation is 1.